The number of sulfone groups is 1. The molecule has 114 valence electrons. The molecule has 0 radical (unpaired) electrons. The van der Waals surface area contributed by atoms with Crippen LogP contribution in [0.1, 0.15) is 31.2 Å². The summed E-state index contributed by atoms with van der Waals surface area (Å²) in [5.41, 5.74) is 0.0410. The number of carbonyl (C=O) groups is 1. The minimum Gasteiger partial charge on any atom is -0.488 e. The second-order valence-corrected chi connectivity index (χ2v) is 8.09. The molecule has 1 N–H and O–H groups in total. The second-order valence-electron chi connectivity index (χ2n) is 5.94. The molecule has 5 nitrogen and oxygen atoms in total. The molecule has 0 atom stereocenters. The standard InChI is InChI=1S/C15H18O5S/c16-14(17)15(7-1-2-8-15)11-3-5-12(6-4-11)20-13-9-21(18,19)10-13/h3-6,13H,1-2,7-10H2,(H,16,17). The van der Waals surface area contributed by atoms with Gasteiger partial charge in [-0.15, -0.1) is 0 Å². The van der Waals surface area contributed by atoms with Gasteiger partial charge in [-0.25, -0.2) is 8.42 Å². The Hall–Kier alpha value is -1.56. The highest BCUT2D eigenvalue weighted by Crippen LogP contribution is 2.41. The van der Waals surface area contributed by atoms with Crippen molar-refractivity contribution in [2.75, 3.05) is 11.5 Å². The van der Waals surface area contributed by atoms with E-state index in [-0.39, 0.29) is 17.6 Å². The van der Waals surface area contributed by atoms with Crippen LogP contribution < -0.4 is 4.74 Å². The molecular weight excluding hydrogens is 292 g/mol. The predicted molar refractivity (Wildman–Crippen MR) is 77.3 cm³/mol. The zero-order chi connectivity index (χ0) is 15.1. The van der Waals surface area contributed by atoms with E-state index in [1.54, 1.807) is 24.3 Å². The summed E-state index contributed by atoms with van der Waals surface area (Å²) in [6, 6.07) is 7.07. The Bertz CT molecular complexity index is 629. The zero-order valence-electron chi connectivity index (χ0n) is 11.6. The van der Waals surface area contributed by atoms with E-state index in [2.05, 4.69) is 0 Å². The van der Waals surface area contributed by atoms with Crippen LogP contribution >= 0.6 is 0 Å². The average molecular weight is 310 g/mol. The van der Waals surface area contributed by atoms with Gasteiger partial charge in [-0.1, -0.05) is 25.0 Å². The first kappa shape index (κ1) is 14.4. The molecule has 0 bridgehead atoms. The van der Waals surface area contributed by atoms with Crippen molar-refractivity contribution in [1.82, 2.24) is 0 Å². The highest BCUT2D eigenvalue weighted by atomic mass is 32.2. The summed E-state index contributed by atoms with van der Waals surface area (Å²) in [5, 5.41) is 9.54. The van der Waals surface area contributed by atoms with Crippen LogP contribution in [0.4, 0.5) is 0 Å². The van der Waals surface area contributed by atoms with Crippen LogP contribution in [0.2, 0.25) is 0 Å². The Balaban J connectivity index is 1.73. The second kappa shape index (κ2) is 5.02. The van der Waals surface area contributed by atoms with Gasteiger partial charge in [0.2, 0.25) is 0 Å². The van der Waals surface area contributed by atoms with Crippen LogP contribution in [0.3, 0.4) is 0 Å². The van der Waals surface area contributed by atoms with Crippen LogP contribution in [0.25, 0.3) is 0 Å². The topological polar surface area (TPSA) is 80.7 Å². The summed E-state index contributed by atoms with van der Waals surface area (Å²) < 4.78 is 27.7. The van der Waals surface area contributed by atoms with E-state index >= 15 is 0 Å². The average Bonchev–Trinajstić information content (AvgIpc) is 2.88. The number of rotatable bonds is 4. The van der Waals surface area contributed by atoms with Crippen molar-refractivity contribution in [3.63, 3.8) is 0 Å². The van der Waals surface area contributed by atoms with E-state index in [1.807, 2.05) is 0 Å². The summed E-state index contributed by atoms with van der Waals surface area (Å²) in [6.07, 6.45) is 2.93. The molecule has 1 saturated heterocycles. The van der Waals surface area contributed by atoms with E-state index in [4.69, 9.17) is 4.74 Å². The molecule has 3 rings (SSSR count). The first-order chi connectivity index (χ1) is 9.91. The summed E-state index contributed by atoms with van der Waals surface area (Å²) in [5.74, 6) is -0.0438. The molecule has 1 aliphatic carbocycles. The van der Waals surface area contributed by atoms with Gasteiger partial charge >= 0.3 is 5.97 Å². The fraction of sp³-hybridized carbons (Fsp3) is 0.533. The van der Waals surface area contributed by atoms with Gasteiger partial charge in [0.25, 0.3) is 0 Å². The molecule has 1 aromatic carbocycles. The summed E-state index contributed by atoms with van der Waals surface area (Å²) in [4.78, 5) is 11.6. The third-order valence-corrected chi connectivity index (χ3v) is 6.22. The fourth-order valence-corrected chi connectivity index (χ4v) is 4.41. The lowest BCUT2D eigenvalue weighted by Crippen LogP contribution is -2.45. The third kappa shape index (κ3) is 2.64. The molecule has 0 aromatic heterocycles. The van der Waals surface area contributed by atoms with Crippen molar-refractivity contribution in [3.8, 4) is 5.75 Å². The van der Waals surface area contributed by atoms with Gasteiger partial charge in [0.15, 0.2) is 9.84 Å². The number of carboxylic acids is 1. The zero-order valence-corrected chi connectivity index (χ0v) is 12.4. The number of benzene rings is 1. The highest BCUT2D eigenvalue weighted by molar-refractivity contribution is 7.92. The molecule has 2 fully saturated rings. The van der Waals surface area contributed by atoms with Crippen LogP contribution in [-0.4, -0.2) is 37.1 Å². The van der Waals surface area contributed by atoms with Crippen LogP contribution in [0.15, 0.2) is 24.3 Å². The minimum atomic E-state index is -2.90. The number of hydrogen-bond donors (Lipinski definition) is 1. The largest absolute Gasteiger partial charge is 0.488 e. The Kier molecular flexibility index (Phi) is 3.43. The van der Waals surface area contributed by atoms with Crippen molar-refractivity contribution < 1.29 is 23.1 Å². The van der Waals surface area contributed by atoms with Crippen molar-refractivity contribution >= 4 is 15.8 Å². The Labute approximate surface area is 123 Å². The van der Waals surface area contributed by atoms with E-state index in [9.17, 15) is 18.3 Å². The molecule has 1 aromatic rings. The van der Waals surface area contributed by atoms with Crippen molar-refractivity contribution in [2.45, 2.75) is 37.2 Å². The first-order valence-corrected chi connectivity index (χ1v) is 8.94. The number of carboxylic acid groups (broad SMARTS) is 1. The monoisotopic (exact) mass is 310 g/mol. The number of hydrogen-bond acceptors (Lipinski definition) is 4. The predicted octanol–water partition coefficient (Wildman–Crippen LogP) is 1.76. The normalized spacial score (nSPS) is 23.4. The molecule has 0 unspecified atom stereocenters. The lowest BCUT2D eigenvalue weighted by Gasteiger charge is -2.27. The maximum Gasteiger partial charge on any atom is 0.314 e. The van der Waals surface area contributed by atoms with Gasteiger partial charge in [-0.3, -0.25) is 4.79 Å². The number of aliphatic carboxylic acids is 1. The van der Waals surface area contributed by atoms with Gasteiger partial charge in [0.05, 0.1) is 16.9 Å². The molecule has 21 heavy (non-hydrogen) atoms. The molecule has 1 aliphatic heterocycles. The maximum atomic E-state index is 11.6. The van der Waals surface area contributed by atoms with Crippen LogP contribution in [0, 0.1) is 0 Å². The minimum absolute atomic E-state index is 0.0633. The maximum absolute atomic E-state index is 11.6. The Morgan fingerprint density at radius 1 is 1.14 bits per heavy atom. The van der Waals surface area contributed by atoms with Crippen LogP contribution in [-0.2, 0) is 20.0 Å². The van der Waals surface area contributed by atoms with Gasteiger partial charge in [-0.05, 0) is 30.5 Å². The lowest BCUT2D eigenvalue weighted by molar-refractivity contribution is -0.143. The molecule has 0 amide bonds. The first-order valence-electron chi connectivity index (χ1n) is 7.12. The lowest BCUT2D eigenvalue weighted by atomic mass is 9.79. The molecule has 2 aliphatic rings. The SMILES string of the molecule is O=C(O)C1(c2ccc(OC3CS(=O)(=O)C3)cc2)CCCC1. The Morgan fingerprint density at radius 3 is 2.19 bits per heavy atom. The molecular formula is C15H18O5S. The third-order valence-electron chi connectivity index (χ3n) is 4.46. The molecule has 1 saturated carbocycles. The quantitative estimate of drug-likeness (QED) is 0.916. The molecule has 1 heterocycles. The smallest absolute Gasteiger partial charge is 0.314 e. The van der Waals surface area contributed by atoms with Crippen molar-refractivity contribution in [2.24, 2.45) is 0 Å². The van der Waals surface area contributed by atoms with Crippen molar-refractivity contribution in [1.29, 1.82) is 0 Å². The van der Waals surface area contributed by atoms with Gasteiger partial charge in [0.1, 0.15) is 11.9 Å². The summed E-state index contributed by atoms with van der Waals surface area (Å²) >= 11 is 0. The van der Waals surface area contributed by atoms with Crippen molar-refractivity contribution in [3.05, 3.63) is 29.8 Å². The van der Waals surface area contributed by atoms with E-state index in [0.29, 0.717) is 18.6 Å². The van der Waals surface area contributed by atoms with Crippen LogP contribution in [0.5, 0.6) is 5.75 Å². The Morgan fingerprint density at radius 2 is 1.71 bits per heavy atom. The molecule has 6 heteroatoms. The summed E-state index contributed by atoms with van der Waals surface area (Å²) in [7, 11) is -2.90. The fourth-order valence-electron chi connectivity index (χ4n) is 3.24. The summed E-state index contributed by atoms with van der Waals surface area (Å²) in [6.45, 7) is 0. The van der Waals surface area contributed by atoms with E-state index in [1.165, 1.54) is 0 Å². The van der Waals surface area contributed by atoms with E-state index < -0.39 is 21.2 Å². The van der Waals surface area contributed by atoms with Gasteiger partial charge in [-0.2, -0.15) is 0 Å². The number of ether oxygens (including phenoxy) is 1. The highest BCUT2D eigenvalue weighted by Gasteiger charge is 2.43. The van der Waals surface area contributed by atoms with Gasteiger partial charge in [0, 0.05) is 0 Å². The van der Waals surface area contributed by atoms with Gasteiger partial charge < -0.3 is 9.84 Å². The molecule has 0 spiro atoms. The van der Waals surface area contributed by atoms with E-state index in [0.717, 1.165) is 18.4 Å².